The van der Waals surface area contributed by atoms with Crippen molar-refractivity contribution in [1.29, 1.82) is 0 Å². The second kappa shape index (κ2) is 13.1. The summed E-state index contributed by atoms with van der Waals surface area (Å²) in [6.45, 7) is 0. The van der Waals surface area contributed by atoms with Crippen molar-refractivity contribution in [3.63, 3.8) is 0 Å². The van der Waals surface area contributed by atoms with E-state index in [9.17, 15) is 0 Å². The number of nitrogens with zero attached hydrogens (tertiary/aromatic N) is 2. The van der Waals surface area contributed by atoms with Crippen LogP contribution in [0.25, 0.3) is 91.9 Å². The molecule has 3 heterocycles. The average Bonchev–Trinajstić information content (AvgIpc) is 3.96. The first-order chi connectivity index (χ1) is 28.7. The molecule has 0 bridgehead atoms. The monoisotopic (exact) mass is 758 g/mol. The zero-order chi connectivity index (χ0) is 38.2. The number of hydrogen-bond donors (Lipinski definition) is 0. The molecule has 3 nitrogen and oxygen atoms in total. The molecular weight excluding hydrogens is 725 g/mol. The predicted molar refractivity (Wildman–Crippen MR) is 247 cm³/mol. The molecule has 0 saturated carbocycles. The molecule has 0 unspecified atom stereocenters. The predicted octanol–water partition coefficient (Wildman–Crippen LogP) is 15.9. The van der Waals surface area contributed by atoms with E-state index in [1.54, 1.807) is 0 Å². The lowest BCUT2D eigenvalue weighted by molar-refractivity contribution is 0.669. The van der Waals surface area contributed by atoms with Crippen LogP contribution in [-0.2, 0) is 0 Å². The molecule has 0 radical (unpaired) electrons. The molecule has 9 aromatic carbocycles. The van der Waals surface area contributed by atoms with Crippen LogP contribution in [-0.4, -0.2) is 4.57 Å². The van der Waals surface area contributed by atoms with Crippen LogP contribution in [0.1, 0.15) is 0 Å². The smallest absolute Gasteiger partial charge is 0.135 e. The van der Waals surface area contributed by atoms with Crippen LogP contribution in [0.3, 0.4) is 0 Å². The molecule has 0 amide bonds. The summed E-state index contributed by atoms with van der Waals surface area (Å²) in [5.41, 5.74) is 13.4. The van der Waals surface area contributed by atoms with Crippen LogP contribution >= 0.6 is 11.3 Å². The van der Waals surface area contributed by atoms with Gasteiger partial charge in [-0.05, 0) is 107 Å². The molecule has 12 rings (SSSR count). The Morgan fingerprint density at radius 3 is 1.69 bits per heavy atom. The van der Waals surface area contributed by atoms with Crippen molar-refractivity contribution >= 4 is 92.3 Å². The van der Waals surface area contributed by atoms with Crippen LogP contribution in [0.5, 0.6) is 0 Å². The van der Waals surface area contributed by atoms with E-state index in [4.69, 9.17) is 4.42 Å². The van der Waals surface area contributed by atoms with Crippen molar-refractivity contribution in [2.24, 2.45) is 0 Å². The van der Waals surface area contributed by atoms with Crippen molar-refractivity contribution in [1.82, 2.24) is 4.57 Å². The molecule has 0 saturated heterocycles. The van der Waals surface area contributed by atoms with Crippen molar-refractivity contribution in [2.75, 3.05) is 4.90 Å². The van der Waals surface area contributed by atoms with E-state index >= 15 is 0 Å². The Kier molecular flexibility index (Phi) is 7.40. The molecule has 272 valence electrons. The highest BCUT2D eigenvalue weighted by molar-refractivity contribution is 7.25. The Morgan fingerprint density at radius 2 is 0.897 bits per heavy atom. The summed E-state index contributed by atoms with van der Waals surface area (Å²) in [5, 5.41) is 7.39. The maximum Gasteiger partial charge on any atom is 0.135 e. The minimum Gasteiger partial charge on any atom is -0.456 e. The Hall–Kier alpha value is -7.40. The highest BCUT2D eigenvalue weighted by Crippen LogP contribution is 2.42. The third kappa shape index (κ3) is 5.27. The van der Waals surface area contributed by atoms with Gasteiger partial charge in [-0.1, -0.05) is 121 Å². The molecular formula is C54H34N2OS. The van der Waals surface area contributed by atoms with E-state index < -0.39 is 0 Å². The van der Waals surface area contributed by atoms with Crippen molar-refractivity contribution in [2.45, 2.75) is 0 Å². The lowest BCUT2D eigenvalue weighted by Gasteiger charge is -2.26. The largest absolute Gasteiger partial charge is 0.456 e. The molecule has 0 aliphatic rings. The molecule has 3 aromatic heterocycles. The summed E-state index contributed by atoms with van der Waals surface area (Å²) < 4.78 is 11.1. The highest BCUT2D eigenvalue weighted by Gasteiger charge is 2.17. The van der Waals surface area contributed by atoms with Gasteiger partial charge in [-0.2, -0.15) is 0 Å². The van der Waals surface area contributed by atoms with Crippen molar-refractivity contribution < 1.29 is 4.42 Å². The van der Waals surface area contributed by atoms with E-state index in [0.29, 0.717) is 0 Å². The van der Waals surface area contributed by atoms with Gasteiger partial charge in [0, 0.05) is 64.5 Å². The van der Waals surface area contributed by atoms with Gasteiger partial charge in [0.05, 0.1) is 11.0 Å². The SMILES string of the molecule is c1ccc(-n2c3ccccc3c3ccc(-c4ccc(N(c5ccc(-c6ccc7oc8ccccc8c7c6)cc5)c5ccc6c(c5)sc5ccccc56)cc4)cc32)cc1. The van der Waals surface area contributed by atoms with Gasteiger partial charge < -0.3 is 13.9 Å². The van der Waals surface area contributed by atoms with Gasteiger partial charge in [0.1, 0.15) is 11.2 Å². The fourth-order valence-electron chi connectivity index (χ4n) is 8.82. The zero-order valence-electron chi connectivity index (χ0n) is 31.3. The van der Waals surface area contributed by atoms with Crippen LogP contribution < -0.4 is 4.90 Å². The maximum atomic E-state index is 6.13. The van der Waals surface area contributed by atoms with Crippen LogP contribution in [0.2, 0.25) is 0 Å². The number of rotatable bonds is 6. The Morgan fingerprint density at radius 1 is 0.345 bits per heavy atom. The van der Waals surface area contributed by atoms with Crippen molar-refractivity contribution in [3.8, 4) is 27.9 Å². The summed E-state index contributed by atoms with van der Waals surface area (Å²) in [6, 6.07) is 74.6. The minimum atomic E-state index is 0.909. The number of benzene rings is 9. The third-order valence-corrected chi connectivity index (χ3v) is 12.7. The average molecular weight is 759 g/mol. The molecule has 0 aliphatic carbocycles. The molecule has 0 aliphatic heterocycles. The summed E-state index contributed by atoms with van der Waals surface area (Å²) in [5.74, 6) is 0. The number of aromatic nitrogens is 1. The molecule has 0 N–H and O–H groups in total. The second-order valence-electron chi connectivity index (χ2n) is 14.9. The third-order valence-electron chi connectivity index (χ3n) is 11.6. The summed E-state index contributed by atoms with van der Waals surface area (Å²) >= 11 is 1.85. The first-order valence-corrected chi connectivity index (χ1v) is 20.5. The molecule has 58 heavy (non-hydrogen) atoms. The van der Waals surface area contributed by atoms with E-state index in [-0.39, 0.29) is 0 Å². The zero-order valence-corrected chi connectivity index (χ0v) is 32.2. The number of thiophene rings is 1. The summed E-state index contributed by atoms with van der Waals surface area (Å²) in [6.07, 6.45) is 0. The molecule has 0 spiro atoms. The van der Waals surface area contributed by atoms with E-state index in [1.165, 1.54) is 53.1 Å². The van der Waals surface area contributed by atoms with Gasteiger partial charge in [-0.15, -0.1) is 11.3 Å². The number of anilines is 3. The van der Waals surface area contributed by atoms with Gasteiger partial charge in [0.2, 0.25) is 0 Å². The topological polar surface area (TPSA) is 21.3 Å². The lowest BCUT2D eigenvalue weighted by atomic mass is 10.0. The van der Waals surface area contributed by atoms with Crippen LogP contribution in [0, 0.1) is 0 Å². The Balaban J connectivity index is 0.956. The first-order valence-electron chi connectivity index (χ1n) is 19.7. The molecule has 4 heteroatoms. The van der Waals surface area contributed by atoms with E-state index in [0.717, 1.165) is 55.8 Å². The van der Waals surface area contributed by atoms with Crippen LogP contribution in [0.15, 0.2) is 211 Å². The number of furan rings is 1. The summed E-state index contributed by atoms with van der Waals surface area (Å²) in [4.78, 5) is 2.38. The number of hydrogen-bond acceptors (Lipinski definition) is 3. The van der Waals surface area contributed by atoms with Gasteiger partial charge in [0.15, 0.2) is 0 Å². The standard InChI is InChI=1S/C54H34N2OS/c1-2-10-39(11-3-1)56-49-15-7-4-12-43(49)44-29-22-38(33-50(44)56)36-20-26-41(27-21-36)55(42-28-30-47-46-14-6-9-17-53(46)58-54(47)34-42)40-24-18-35(19-25-40)37-23-31-52-48(32-37)45-13-5-8-16-51(45)57-52/h1-34H. The molecule has 0 atom stereocenters. The fraction of sp³-hybridized carbons (Fsp3) is 0. The normalized spacial score (nSPS) is 11.8. The Labute approximate surface area is 338 Å². The fourth-order valence-corrected chi connectivity index (χ4v) is 9.96. The molecule has 12 aromatic rings. The van der Waals surface area contributed by atoms with Gasteiger partial charge >= 0.3 is 0 Å². The van der Waals surface area contributed by atoms with Crippen molar-refractivity contribution in [3.05, 3.63) is 206 Å². The maximum absolute atomic E-state index is 6.13. The van der Waals surface area contributed by atoms with Crippen LogP contribution in [0.4, 0.5) is 17.1 Å². The van der Waals surface area contributed by atoms with E-state index in [1.807, 2.05) is 23.5 Å². The number of para-hydroxylation sites is 3. The van der Waals surface area contributed by atoms with Gasteiger partial charge in [0.25, 0.3) is 0 Å². The van der Waals surface area contributed by atoms with E-state index in [2.05, 4.69) is 204 Å². The minimum absolute atomic E-state index is 0.909. The highest BCUT2D eigenvalue weighted by atomic mass is 32.1. The van der Waals surface area contributed by atoms with Gasteiger partial charge in [-0.3, -0.25) is 0 Å². The number of fused-ring (bicyclic) bond motifs is 9. The Bertz CT molecular complexity index is 3500. The summed E-state index contributed by atoms with van der Waals surface area (Å²) in [7, 11) is 0. The first kappa shape index (κ1) is 32.8. The van der Waals surface area contributed by atoms with Gasteiger partial charge in [-0.25, -0.2) is 0 Å². The quantitative estimate of drug-likeness (QED) is 0.168. The lowest BCUT2D eigenvalue weighted by Crippen LogP contribution is -2.09. The molecule has 0 fully saturated rings. The second-order valence-corrected chi connectivity index (χ2v) is 16.0.